The SMILES string of the molecule is CCCCCCCCCCCCCCC1OC1C1COC(c2ccccc2)=N1. The molecule has 1 saturated heterocycles. The molecule has 1 aromatic rings. The number of hydrogen-bond acceptors (Lipinski definition) is 3. The summed E-state index contributed by atoms with van der Waals surface area (Å²) in [6, 6.07) is 10.4. The van der Waals surface area contributed by atoms with Crippen LogP contribution in [0.3, 0.4) is 0 Å². The van der Waals surface area contributed by atoms with Crippen LogP contribution in [0.25, 0.3) is 0 Å². The Morgan fingerprint density at radius 2 is 1.43 bits per heavy atom. The molecule has 0 aromatic heterocycles. The molecule has 28 heavy (non-hydrogen) atoms. The van der Waals surface area contributed by atoms with Crippen molar-refractivity contribution in [3.63, 3.8) is 0 Å². The second-order valence-corrected chi connectivity index (χ2v) is 8.50. The van der Waals surface area contributed by atoms with Gasteiger partial charge >= 0.3 is 0 Å². The van der Waals surface area contributed by atoms with Crippen LogP contribution in [-0.2, 0) is 9.47 Å². The van der Waals surface area contributed by atoms with Gasteiger partial charge in [0.1, 0.15) is 18.8 Å². The van der Waals surface area contributed by atoms with Crippen LogP contribution in [0.1, 0.15) is 96.0 Å². The third-order valence-electron chi connectivity index (χ3n) is 6.04. The van der Waals surface area contributed by atoms with Gasteiger partial charge in [0.2, 0.25) is 5.90 Å². The van der Waals surface area contributed by atoms with E-state index in [0.717, 1.165) is 11.5 Å². The number of ether oxygens (including phenoxy) is 2. The van der Waals surface area contributed by atoms with Crippen LogP contribution in [0.2, 0.25) is 0 Å². The topological polar surface area (TPSA) is 34.1 Å². The van der Waals surface area contributed by atoms with Crippen molar-refractivity contribution in [1.29, 1.82) is 0 Å². The second kappa shape index (κ2) is 12.3. The second-order valence-electron chi connectivity index (χ2n) is 8.50. The fourth-order valence-corrected chi connectivity index (χ4v) is 4.21. The van der Waals surface area contributed by atoms with Crippen LogP contribution in [-0.4, -0.2) is 30.8 Å². The molecule has 1 aromatic carbocycles. The Kier molecular flexibility index (Phi) is 9.36. The minimum absolute atomic E-state index is 0.192. The van der Waals surface area contributed by atoms with Crippen molar-refractivity contribution in [2.45, 2.75) is 109 Å². The zero-order valence-electron chi connectivity index (χ0n) is 17.8. The van der Waals surface area contributed by atoms with E-state index in [4.69, 9.17) is 14.5 Å². The number of epoxide rings is 1. The van der Waals surface area contributed by atoms with Crippen LogP contribution in [0, 0.1) is 0 Å². The monoisotopic (exact) mass is 385 g/mol. The van der Waals surface area contributed by atoms with Crippen molar-refractivity contribution < 1.29 is 9.47 Å². The van der Waals surface area contributed by atoms with Gasteiger partial charge in [-0.25, -0.2) is 4.99 Å². The first-order valence-corrected chi connectivity index (χ1v) is 11.8. The highest BCUT2D eigenvalue weighted by atomic mass is 16.6. The van der Waals surface area contributed by atoms with Gasteiger partial charge < -0.3 is 9.47 Å². The van der Waals surface area contributed by atoms with E-state index in [1.807, 2.05) is 18.2 Å². The van der Waals surface area contributed by atoms with E-state index < -0.39 is 0 Å². The molecule has 3 unspecified atom stereocenters. The minimum atomic E-state index is 0.192. The van der Waals surface area contributed by atoms with Gasteiger partial charge in [0.25, 0.3) is 0 Å². The predicted octanol–water partition coefficient (Wildman–Crippen LogP) is 6.69. The van der Waals surface area contributed by atoms with Crippen molar-refractivity contribution in [1.82, 2.24) is 0 Å². The molecule has 3 rings (SSSR count). The number of aliphatic imine (C=N–C) groups is 1. The zero-order valence-corrected chi connectivity index (χ0v) is 17.8. The van der Waals surface area contributed by atoms with Crippen LogP contribution in [0.15, 0.2) is 35.3 Å². The first-order chi connectivity index (χ1) is 13.9. The molecule has 0 bridgehead atoms. The van der Waals surface area contributed by atoms with Gasteiger partial charge in [0, 0.05) is 5.56 Å². The molecule has 3 atom stereocenters. The third-order valence-corrected chi connectivity index (χ3v) is 6.04. The maximum Gasteiger partial charge on any atom is 0.216 e. The summed E-state index contributed by atoms with van der Waals surface area (Å²) in [6.07, 6.45) is 18.7. The smallest absolute Gasteiger partial charge is 0.216 e. The molecule has 2 aliphatic rings. The van der Waals surface area contributed by atoms with Crippen LogP contribution in [0.5, 0.6) is 0 Å². The van der Waals surface area contributed by atoms with Crippen molar-refractivity contribution >= 4 is 5.90 Å². The molecule has 0 amide bonds. The molecule has 2 aliphatic heterocycles. The highest BCUT2D eigenvalue weighted by molar-refractivity contribution is 5.95. The van der Waals surface area contributed by atoms with Crippen LogP contribution >= 0.6 is 0 Å². The maximum absolute atomic E-state index is 5.90. The fourth-order valence-electron chi connectivity index (χ4n) is 4.21. The Labute approximate surface area is 171 Å². The summed E-state index contributed by atoms with van der Waals surface area (Å²) in [5.74, 6) is 0.783. The molecule has 3 nitrogen and oxygen atoms in total. The molecule has 0 saturated carbocycles. The Bertz CT molecular complexity index is 571. The average Bonchev–Trinajstić information content (AvgIpc) is 3.33. The summed E-state index contributed by atoms with van der Waals surface area (Å²) < 4.78 is 11.7. The van der Waals surface area contributed by atoms with Crippen LogP contribution in [0.4, 0.5) is 0 Å². The van der Waals surface area contributed by atoms with Crippen molar-refractivity contribution in [3.8, 4) is 0 Å². The summed E-state index contributed by atoms with van der Waals surface area (Å²) >= 11 is 0. The number of nitrogens with zero attached hydrogens (tertiary/aromatic N) is 1. The molecule has 0 spiro atoms. The van der Waals surface area contributed by atoms with Gasteiger partial charge in [-0.3, -0.25) is 0 Å². The lowest BCUT2D eigenvalue weighted by Crippen LogP contribution is -2.16. The summed E-state index contributed by atoms with van der Waals surface area (Å²) in [6.45, 7) is 2.96. The maximum atomic E-state index is 5.90. The van der Waals surface area contributed by atoms with Crippen LogP contribution < -0.4 is 0 Å². The Hall–Kier alpha value is -1.35. The summed E-state index contributed by atoms with van der Waals surface area (Å²) in [4.78, 5) is 4.75. The Balaban J connectivity index is 1.16. The lowest BCUT2D eigenvalue weighted by atomic mass is 10.0. The molecule has 0 N–H and O–H groups in total. The standard InChI is InChI=1S/C25H39NO2/c1-2-3-4-5-6-7-8-9-10-11-12-16-19-23-24(28-23)22-20-27-25(26-22)21-17-14-13-15-18-21/h13-15,17-18,22-24H,2-12,16,19-20H2,1H3. The Morgan fingerprint density at radius 3 is 2.07 bits per heavy atom. The largest absolute Gasteiger partial charge is 0.475 e. The van der Waals surface area contributed by atoms with Gasteiger partial charge in [-0.1, -0.05) is 102 Å². The van der Waals surface area contributed by atoms with E-state index in [-0.39, 0.29) is 12.1 Å². The summed E-state index contributed by atoms with van der Waals surface area (Å²) in [7, 11) is 0. The molecule has 156 valence electrons. The number of rotatable bonds is 15. The highest BCUT2D eigenvalue weighted by Gasteiger charge is 2.46. The molecule has 1 fully saturated rings. The lowest BCUT2D eigenvalue weighted by Gasteiger charge is -2.03. The molecular weight excluding hydrogens is 346 g/mol. The molecule has 0 radical (unpaired) electrons. The number of hydrogen-bond donors (Lipinski definition) is 0. The molecule has 2 heterocycles. The van der Waals surface area contributed by atoms with Crippen molar-refractivity contribution in [3.05, 3.63) is 35.9 Å². The highest BCUT2D eigenvalue weighted by Crippen LogP contribution is 2.34. The molecule has 3 heteroatoms. The normalized spacial score (nSPS) is 23.5. The van der Waals surface area contributed by atoms with E-state index in [0.29, 0.717) is 12.7 Å². The summed E-state index contributed by atoms with van der Waals surface area (Å²) in [5.41, 5.74) is 1.07. The van der Waals surface area contributed by atoms with E-state index in [9.17, 15) is 0 Å². The molecular formula is C25H39NO2. The molecule has 0 aliphatic carbocycles. The van der Waals surface area contributed by atoms with Gasteiger partial charge in [-0.2, -0.15) is 0 Å². The fraction of sp³-hybridized carbons (Fsp3) is 0.720. The first-order valence-electron chi connectivity index (χ1n) is 11.8. The summed E-state index contributed by atoms with van der Waals surface area (Å²) in [5, 5.41) is 0. The predicted molar refractivity (Wildman–Crippen MR) is 117 cm³/mol. The van der Waals surface area contributed by atoms with Gasteiger partial charge in [0.05, 0.1) is 6.10 Å². The third kappa shape index (κ3) is 7.24. The van der Waals surface area contributed by atoms with E-state index >= 15 is 0 Å². The van der Waals surface area contributed by atoms with E-state index in [1.54, 1.807) is 0 Å². The Morgan fingerprint density at radius 1 is 0.821 bits per heavy atom. The quantitative estimate of drug-likeness (QED) is 0.249. The van der Waals surface area contributed by atoms with E-state index in [1.165, 1.54) is 83.5 Å². The van der Waals surface area contributed by atoms with Gasteiger partial charge in [-0.15, -0.1) is 0 Å². The first kappa shape index (κ1) is 21.4. The van der Waals surface area contributed by atoms with Gasteiger partial charge in [0.15, 0.2) is 0 Å². The number of unbranched alkanes of at least 4 members (excludes halogenated alkanes) is 11. The average molecular weight is 386 g/mol. The zero-order chi connectivity index (χ0) is 19.4. The van der Waals surface area contributed by atoms with Crippen molar-refractivity contribution in [2.24, 2.45) is 4.99 Å². The van der Waals surface area contributed by atoms with Crippen molar-refractivity contribution in [2.75, 3.05) is 6.61 Å². The lowest BCUT2D eigenvalue weighted by molar-refractivity contribution is 0.279. The minimum Gasteiger partial charge on any atom is -0.475 e. The van der Waals surface area contributed by atoms with E-state index in [2.05, 4.69) is 19.1 Å². The number of benzene rings is 1. The van der Waals surface area contributed by atoms with Gasteiger partial charge in [-0.05, 0) is 18.6 Å².